The highest BCUT2D eigenvalue weighted by atomic mass is 16.4. The summed E-state index contributed by atoms with van der Waals surface area (Å²) in [5, 5.41) is 12.0. The Balaban J connectivity index is 1.57. The molecule has 6 heteroatoms. The van der Waals surface area contributed by atoms with Crippen LogP contribution in [0.25, 0.3) is 0 Å². The summed E-state index contributed by atoms with van der Waals surface area (Å²) in [6, 6.07) is 7.89. The van der Waals surface area contributed by atoms with Crippen LogP contribution in [0, 0.1) is 11.8 Å². The molecule has 0 bridgehead atoms. The van der Waals surface area contributed by atoms with Gasteiger partial charge in [-0.3, -0.25) is 14.4 Å². The summed E-state index contributed by atoms with van der Waals surface area (Å²) in [5.74, 6) is -1.75. The zero-order valence-electron chi connectivity index (χ0n) is 14.4. The Labute approximate surface area is 147 Å². The van der Waals surface area contributed by atoms with Crippen molar-refractivity contribution in [2.75, 3.05) is 11.9 Å². The van der Waals surface area contributed by atoms with Crippen molar-refractivity contribution in [1.82, 2.24) is 4.90 Å². The van der Waals surface area contributed by atoms with E-state index in [0.29, 0.717) is 12.8 Å². The first-order valence-electron chi connectivity index (χ1n) is 8.86. The number of carbonyl (C=O) groups excluding carboxylic acids is 2. The molecule has 2 amide bonds. The third kappa shape index (κ3) is 4.18. The van der Waals surface area contributed by atoms with Gasteiger partial charge in [-0.05, 0) is 37.3 Å². The van der Waals surface area contributed by atoms with Gasteiger partial charge < -0.3 is 15.3 Å². The Morgan fingerprint density at radius 1 is 1.32 bits per heavy atom. The average molecular weight is 344 g/mol. The number of rotatable bonds is 7. The molecule has 1 aromatic rings. The number of carboxylic acid groups (broad SMARTS) is 1. The number of aliphatic carboxylic acids is 1. The number of benzene rings is 1. The van der Waals surface area contributed by atoms with Crippen LogP contribution < -0.4 is 5.32 Å². The Kier molecular flexibility index (Phi) is 5.06. The van der Waals surface area contributed by atoms with Crippen molar-refractivity contribution >= 4 is 23.5 Å². The van der Waals surface area contributed by atoms with E-state index in [-0.39, 0.29) is 36.7 Å². The quantitative estimate of drug-likeness (QED) is 0.794. The van der Waals surface area contributed by atoms with Gasteiger partial charge in [0.25, 0.3) is 0 Å². The predicted octanol–water partition coefficient (Wildman–Crippen LogP) is 2.29. The molecule has 3 rings (SSSR count). The first-order valence-corrected chi connectivity index (χ1v) is 8.86. The second-order valence-electron chi connectivity index (χ2n) is 7.10. The molecule has 0 radical (unpaired) electrons. The van der Waals surface area contributed by atoms with Gasteiger partial charge in [0.05, 0.1) is 5.92 Å². The van der Waals surface area contributed by atoms with Crippen molar-refractivity contribution in [2.45, 2.75) is 45.1 Å². The maximum atomic E-state index is 12.6. The lowest BCUT2D eigenvalue weighted by Crippen LogP contribution is -2.39. The minimum atomic E-state index is -0.887. The van der Waals surface area contributed by atoms with Gasteiger partial charge in [-0.15, -0.1) is 0 Å². The number of hydrogen-bond donors (Lipinski definition) is 2. The minimum absolute atomic E-state index is 0.0385. The van der Waals surface area contributed by atoms with Gasteiger partial charge in [-0.25, -0.2) is 0 Å². The first-order chi connectivity index (χ1) is 12.0. The molecule has 2 unspecified atom stereocenters. The molecular formula is C19H24N2O4. The monoisotopic (exact) mass is 344 g/mol. The summed E-state index contributed by atoms with van der Waals surface area (Å²) in [6.45, 7) is 1.87. The molecule has 1 aliphatic heterocycles. The lowest BCUT2D eigenvalue weighted by Gasteiger charge is -2.27. The van der Waals surface area contributed by atoms with E-state index in [4.69, 9.17) is 5.11 Å². The molecule has 2 aliphatic rings. The SMILES string of the molecule is CC(CN(C(=O)CCC1Cc2ccccc2NC1=O)C1CC1)C(=O)O. The van der Waals surface area contributed by atoms with E-state index < -0.39 is 11.9 Å². The summed E-state index contributed by atoms with van der Waals surface area (Å²) in [4.78, 5) is 37.6. The maximum Gasteiger partial charge on any atom is 0.308 e. The number of carbonyl (C=O) groups is 3. The fourth-order valence-electron chi connectivity index (χ4n) is 3.30. The van der Waals surface area contributed by atoms with Crippen molar-refractivity contribution in [3.63, 3.8) is 0 Å². The molecule has 1 fully saturated rings. The number of carboxylic acids is 1. The van der Waals surface area contributed by atoms with Gasteiger partial charge in [0, 0.05) is 30.6 Å². The van der Waals surface area contributed by atoms with Crippen LogP contribution in [-0.4, -0.2) is 40.4 Å². The number of nitrogens with one attached hydrogen (secondary N) is 1. The van der Waals surface area contributed by atoms with Crippen LogP contribution in [-0.2, 0) is 20.8 Å². The van der Waals surface area contributed by atoms with Crippen molar-refractivity contribution in [3.8, 4) is 0 Å². The highest BCUT2D eigenvalue weighted by Crippen LogP contribution is 2.30. The Morgan fingerprint density at radius 3 is 2.72 bits per heavy atom. The highest BCUT2D eigenvalue weighted by Gasteiger charge is 2.35. The summed E-state index contributed by atoms with van der Waals surface area (Å²) in [7, 11) is 0. The second-order valence-corrected chi connectivity index (χ2v) is 7.10. The number of para-hydroxylation sites is 1. The Hall–Kier alpha value is -2.37. The second kappa shape index (κ2) is 7.25. The normalized spacial score (nSPS) is 20.4. The standard InChI is InChI=1S/C19H24N2O4/c1-12(19(24)25)11-21(15-7-8-15)17(22)9-6-14-10-13-4-2-3-5-16(13)20-18(14)23/h2-5,12,14-15H,6-11H2,1H3,(H,20,23)(H,24,25). The number of hydrogen-bond acceptors (Lipinski definition) is 3. The largest absolute Gasteiger partial charge is 0.481 e. The van der Waals surface area contributed by atoms with E-state index in [2.05, 4.69) is 5.32 Å². The van der Waals surface area contributed by atoms with E-state index in [0.717, 1.165) is 24.1 Å². The smallest absolute Gasteiger partial charge is 0.308 e. The molecule has 25 heavy (non-hydrogen) atoms. The lowest BCUT2D eigenvalue weighted by atomic mass is 9.89. The van der Waals surface area contributed by atoms with E-state index in [1.165, 1.54) is 0 Å². The van der Waals surface area contributed by atoms with Gasteiger partial charge in [0.2, 0.25) is 11.8 Å². The van der Waals surface area contributed by atoms with Gasteiger partial charge in [0.1, 0.15) is 0 Å². The van der Waals surface area contributed by atoms with E-state index >= 15 is 0 Å². The van der Waals surface area contributed by atoms with Crippen molar-refractivity contribution in [2.24, 2.45) is 11.8 Å². The Bertz CT molecular complexity index is 684. The van der Waals surface area contributed by atoms with Gasteiger partial charge in [-0.1, -0.05) is 25.1 Å². The number of fused-ring (bicyclic) bond motifs is 1. The summed E-state index contributed by atoms with van der Waals surface area (Å²) in [6.07, 6.45) is 3.29. The van der Waals surface area contributed by atoms with Crippen LogP contribution in [0.3, 0.4) is 0 Å². The Morgan fingerprint density at radius 2 is 2.04 bits per heavy atom. The maximum absolute atomic E-state index is 12.6. The number of nitrogens with zero attached hydrogens (tertiary/aromatic N) is 1. The highest BCUT2D eigenvalue weighted by molar-refractivity contribution is 5.96. The van der Waals surface area contributed by atoms with Gasteiger partial charge in [-0.2, -0.15) is 0 Å². The fourth-order valence-corrected chi connectivity index (χ4v) is 3.30. The van der Waals surface area contributed by atoms with Crippen LogP contribution in [0.15, 0.2) is 24.3 Å². The average Bonchev–Trinajstić information content (AvgIpc) is 3.42. The van der Waals surface area contributed by atoms with Crippen LogP contribution >= 0.6 is 0 Å². The van der Waals surface area contributed by atoms with Crippen LogP contribution in [0.1, 0.15) is 38.2 Å². The predicted molar refractivity (Wildman–Crippen MR) is 93.0 cm³/mol. The summed E-state index contributed by atoms with van der Waals surface area (Å²) < 4.78 is 0. The first kappa shape index (κ1) is 17.5. The van der Waals surface area contributed by atoms with E-state index in [1.807, 2.05) is 24.3 Å². The summed E-state index contributed by atoms with van der Waals surface area (Å²) >= 11 is 0. The molecule has 1 heterocycles. The lowest BCUT2D eigenvalue weighted by molar-refractivity contribution is -0.143. The number of amides is 2. The van der Waals surface area contributed by atoms with Crippen LogP contribution in [0.5, 0.6) is 0 Å². The van der Waals surface area contributed by atoms with Crippen molar-refractivity contribution in [3.05, 3.63) is 29.8 Å². The third-order valence-corrected chi connectivity index (χ3v) is 5.02. The molecule has 2 N–H and O–H groups in total. The molecule has 134 valence electrons. The zero-order chi connectivity index (χ0) is 18.0. The van der Waals surface area contributed by atoms with Crippen LogP contribution in [0.4, 0.5) is 5.69 Å². The van der Waals surface area contributed by atoms with Crippen molar-refractivity contribution < 1.29 is 19.5 Å². The van der Waals surface area contributed by atoms with Crippen LogP contribution in [0.2, 0.25) is 0 Å². The molecular weight excluding hydrogens is 320 g/mol. The molecule has 6 nitrogen and oxygen atoms in total. The number of anilines is 1. The molecule has 0 aromatic heterocycles. The van der Waals surface area contributed by atoms with Gasteiger partial charge >= 0.3 is 5.97 Å². The molecule has 1 saturated carbocycles. The van der Waals surface area contributed by atoms with Gasteiger partial charge in [0.15, 0.2) is 0 Å². The molecule has 0 spiro atoms. The minimum Gasteiger partial charge on any atom is -0.481 e. The zero-order valence-corrected chi connectivity index (χ0v) is 14.4. The molecule has 1 aliphatic carbocycles. The molecule has 0 saturated heterocycles. The topological polar surface area (TPSA) is 86.7 Å². The van der Waals surface area contributed by atoms with E-state index in [1.54, 1.807) is 11.8 Å². The fraction of sp³-hybridized carbons (Fsp3) is 0.526. The van der Waals surface area contributed by atoms with Crippen molar-refractivity contribution in [1.29, 1.82) is 0 Å². The molecule has 2 atom stereocenters. The summed E-state index contributed by atoms with van der Waals surface area (Å²) in [5.41, 5.74) is 1.95. The molecule has 1 aromatic carbocycles. The van der Waals surface area contributed by atoms with E-state index in [9.17, 15) is 14.4 Å². The third-order valence-electron chi connectivity index (χ3n) is 5.02.